The van der Waals surface area contributed by atoms with Crippen LogP contribution in [0.25, 0.3) is 33.3 Å². The SMILES string of the molecule is Cc1nc2ccc(Oc3ccc4ncc(-c5cn[nH]c5)nc4c3)cc2[nH]1. The molecule has 7 heteroatoms. The zero-order valence-corrected chi connectivity index (χ0v) is 13.9. The first-order valence-electron chi connectivity index (χ1n) is 8.15. The number of imidazole rings is 1. The van der Waals surface area contributed by atoms with E-state index < -0.39 is 0 Å². The Morgan fingerprint density at radius 3 is 2.58 bits per heavy atom. The molecule has 0 unspecified atom stereocenters. The first-order chi connectivity index (χ1) is 12.7. The third-order valence-corrected chi connectivity index (χ3v) is 4.12. The van der Waals surface area contributed by atoms with E-state index in [1.807, 2.05) is 43.3 Å². The summed E-state index contributed by atoms with van der Waals surface area (Å²) in [5.41, 5.74) is 5.10. The summed E-state index contributed by atoms with van der Waals surface area (Å²) in [6.45, 7) is 1.93. The van der Waals surface area contributed by atoms with Crippen LogP contribution >= 0.6 is 0 Å². The number of aromatic amines is 2. The van der Waals surface area contributed by atoms with Crippen molar-refractivity contribution in [2.75, 3.05) is 0 Å². The molecule has 5 rings (SSSR count). The molecule has 0 saturated carbocycles. The van der Waals surface area contributed by atoms with E-state index in [-0.39, 0.29) is 0 Å². The van der Waals surface area contributed by atoms with Crippen molar-refractivity contribution >= 4 is 22.1 Å². The number of hydrogen-bond acceptors (Lipinski definition) is 5. The Balaban J connectivity index is 1.51. The van der Waals surface area contributed by atoms with Gasteiger partial charge in [0.1, 0.15) is 17.3 Å². The van der Waals surface area contributed by atoms with Gasteiger partial charge in [-0.15, -0.1) is 0 Å². The van der Waals surface area contributed by atoms with Gasteiger partial charge in [-0.3, -0.25) is 10.1 Å². The summed E-state index contributed by atoms with van der Waals surface area (Å²) in [6.07, 6.45) is 5.25. The lowest BCUT2D eigenvalue weighted by molar-refractivity contribution is 0.484. The lowest BCUT2D eigenvalue weighted by Crippen LogP contribution is -1.90. The predicted molar refractivity (Wildman–Crippen MR) is 98.0 cm³/mol. The third-order valence-electron chi connectivity index (χ3n) is 4.12. The molecule has 0 aliphatic carbocycles. The summed E-state index contributed by atoms with van der Waals surface area (Å²) >= 11 is 0. The number of aromatic nitrogens is 6. The highest BCUT2D eigenvalue weighted by atomic mass is 16.5. The Kier molecular flexibility index (Phi) is 3.18. The molecule has 3 heterocycles. The van der Waals surface area contributed by atoms with Crippen LogP contribution in [0.4, 0.5) is 0 Å². The Labute approximate surface area is 148 Å². The lowest BCUT2D eigenvalue weighted by atomic mass is 10.2. The maximum Gasteiger partial charge on any atom is 0.129 e. The van der Waals surface area contributed by atoms with Gasteiger partial charge in [0.05, 0.1) is 40.2 Å². The smallest absolute Gasteiger partial charge is 0.129 e. The van der Waals surface area contributed by atoms with Gasteiger partial charge in [0.15, 0.2) is 0 Å². The topological polar surface area (TPSA) is 92.4 Å². The number of aryl methyl sites for hydroxylation is 1. The van der Waals surface area contributed by atoms with Gasteiger partial charge in [0.25, 0.3) is 0 Å². The summed E-state index contributed by atoms with van der Waals surface area (Å²) in [6, 6.07) is 11.4. The molecule has 0 amide bonds. The number of nitrogens with one attached hydrogen (secondary N) is 2. The minimum atomic E-state index is 0.701. The third kappa shape index (κ3) is 2.55. The van der Waals surface area contributed by atoms with Crippen molar-refractivity contribution in [3.8, 4) is 22.8 Å². The molecular weight excluding hydrogens is 328 g/mol. The number of benzene rings is 2. The summed E-state index contributed by atoms with van der Waals surface area (Å²) in [5.74, 6) is 2.32. The van der Waals surface area contributed by atoms with Crippen LogP contribution in [0, 0.1) is 6.92 Å². The quantitative estimate of drug-likeness (QED) is 0.517. The van der Waals surface area contributed by atoms with Crippen LogP contribution < -0.4 is 4.74 Å². The largest absolute Gasteiger partial charge is 0.457 e. The molecule has 2 N–H and O–H groups in total. The zero-order valence-electron chi connectivity index (χ0n) is 13.9. The number of ether oxygens (including phenoxy) is 1. The van der Waals surface area contributed by atoms with Crippen molar-refractivity contribution in [2.45, 2.75) is 6.92 Å². The number of nitrogens with zero attached hydrogens (tertiary/aromatic N) is 4. The van der Waals surface area contributed by atoms with Crippen LogP contribution in [-0.2, 0) is 0 Å². The highest BCUT2D eigenvalue weighted by molar-refractivity contribution is 5.79. The molecule has 0 bridgehead atoms. The van der Waals surface area contributed by atoms with Crippen LogP contribution in [0.15, 0.2) is 55.0 Å². The predicted octanol–water partition coefficient (Wildman–Crippen LogP) is 4.00. The minimum absolute atomic E-state index is 0.701. The molecule has 26 heavy (non-hydrogen) atoms. The van der Waals surface area contributed by atoms with Crippen molar-refractivity contribution in [2.24, 2.45) is 0 Å². The normalized spacial score (nSPS) is 11.3. The maximum atomic E-state index is 6.00. The molecule has 7 nitrogen and oxygen atoms in total. The van der Waals surface area contributed by atoms with Gasteiger partial charge in [-0.05, 0) is 31.2 Å². The summed E-state index contributed by atoms with van der Waals surface area (Å²) < 4.78 is 6.00. The molecule has 2 aromatic carbocycles. The van der Waals surface area contributed by atoms with E-state index >= 15 is 0 Å². The number of H-pyrrole nitrogens is 2. The van der Waals surface area contributed by atoms with Gasteiger partial charge in [-0.25, -0.2) is 9.97 Å². The summed E-state index contributed by atoms with van der Waals surface area (Å²) in [7, 11) is 0. The minimum Gasteiger partial charge on any atom is -0.457 e. The van der Waals surface area contributed by atoms with E-state index in [1.165, 1.54) is 0 Å². The fourth-order valence-electron chi connectivity index (χ4n) is 2.90. The van der Waals surface area contributed by atoms with Crippen molar-refractivity contribution in [3.05, 3.63) is 60.8 Å². The van der Waals surface area contributed by atoms with E-state index in [2.05, 4.69) is 30.1 Å². The van der Waals surface area contributed by atoms with Crippen molar-refractivity contribution < 1.29 is 4.74 Å². The van der Waals surface area contributed by atoms with Crippen LogP contribution in [0.2, 0.25) is 0 Å². The van der Waals surface area contributed by atoms with E-state index in [9.17, 15) is 0 Å². The Bertz CT molecular complexity index is 1230. The average Bonchev–Trinajstić information content (AvgIpc) is 3.29. The number of fused-ring (bicyclic) bond motifs is 2. The average molecular weight is 342 g/mol. The summed E-state index contributed by atoms with van der Waals surface area (Å²) in [4.78, 5) is 16.7. The Hall–Kier alpha value is -3.74. The number of hydrogen-bond donors (Lipinski definition) is 2. The van der Waals surface area contributed by atoms with Gasteiger partial charge in [0.2, 0.25) is 0 Å². The highest BCUT2D eigenvalue weighted by Crippen LogP contribution is 2.27. The molecule has 0 aliphatic heterocycles. The van der Waals surface area contributed by atoms with Gasteiger partial charge >= 0.3 is 0 Å². The molecule has 0 aliphatic rings. The van der Waals surface area contributed by atoms with Gasteiger partial charge < -0.3 is 9.72 Å². The lowest BCUT2D eigenvalue weighted by Gasteiger charge is -2.07. The van der Waals surface area contributed by atoms with Gasteiger partial charge in [-0.1, -0.05) is 0 Å². The molecule has 0 saturated heterocycles. The molecule has 3 aromatic heterocycles. The van der Waals surface area contributed by atoms with E-state index in [4.69, 9.17) is 4.74 Å². The zero-order chi connectivity index (χ0) is 17.5. The molecule has 0 fully saturated rings. The summed E-state index contributed by atoms with van der Waals surface area (Å²) in [5, 5.41) is 6.74. The van der Waals surface area contributed by atoms with Gasteiger partial charge in [0, 0.05) is 23.9 Å². The first kappa shape index (κ1) is 14.6. The molecule has 126 valence electrons. The molecule has 0 atom stereocenters. The highest BCUT2D eigenvalue weighted by Gasteiger charge is 2.07. The number of rotatable bonds is 3. The second-order valence-corrected chi connectivity index (χ2v) is 6.00. The van der Waals surface area contributed by atoms with Crippen molar-refractivity contribution in [3.63, 3.8) is 0 Å². The van der Waals surface area contributed by atoms with Crippen LogP contribution in [-0.4, -0.2) is 30.1 Å². The second kappa shape index (κ2) is 5.66. The van der Waals surface area contributed by atoms with E-state index in [1.54, 1.807) is 18.6 Å². The fourth-order valence-corrected chi connectivity index (χ4v) is 2.90. The maximum absolute atomic E-state index is 6.00. The molecule has 0 spiro atoms. The van der Waals surface area contributed by atoms with E-state index in [0.29, 0.717) is 5.75 Å². The molecule has 5 aromatic rings. The second-order valence-electron chi connectivity index (χ2n) is 6.00. The molecule has 0 radical (unpaired) electrons. The van der Waals surface area contributed by atoms with Crippen molar-refractivity contribution in [1.82, 2.24) is 30.1 Å². The van der Waals surface area contributed by atoms with Crippen molar-refractivity contribution in [1.29, 1.82) is 0 Å². The monoisotopic (exact) mass is 342 g/mol. The Morgan fingerprint density at radius 2 is 1.73 bits per heavy atom. The standard InChI is InChI=1S/C19H14N6O/c1-11-23-16-5-3-14(7-18(16)24-11)26-13-2-4-15-17(6-13)25-19(10-20-15)12-8-21-22-9-12/h2-10H,1H3,(H,21,22)(H,23,24). The molecular formula is C19H14N6O. The van der Waals surface area contributed by atoms with Gasteiger partial charge in [-0.2, -0.15) is 5.10 Å². The fraction of sp³-hybridized carbons (Fsp3) is 0.0526. The first-order valence-corrected chi connectivity index (χ1v) is 8.15. The van der Waals surface area contributed by atoms with Crippen LogP contribution in [0.1, 0.15) is 5.82 Å². The van der Waals surface area contributed by atoms with E-state index in [0.717, 1.165) is 44.9 Å². The van der Waals surface area contributed by atoms with Crippen LogP contribution in [0.3, 0.4) is 0 Å². The van der Waals surface area contributed by atoms with Crippen LogP contribution in [0.5, 0.6) is 11.5 Å². The Morgan fingerprint density at radius 1 is 0.885 bits per heavy atom.